The Kier molecular flexibility index (Phi) is 9.67. The van der Waals surface area contributed by atoms with Gasteiger partial charge in [0, 0.05) is 25.0 Å². The van der Waals surface area contributed by atoms with Gasteiger partial charge in [-0.2, -0.15) is 0 Å². The highest BCUT2D eigenvalue weighted by atomic mass is 32.2. The maximum Gasteiger partial charge on any atom is 0.248 e. The van der Waals surface area contributed by atoms with E-state index in [1.54, 1.807) is 61.7 Å². The number of carbonyl (C=O) groups excluding carboxylic acids is 1. The second kappa shape index (κ2) is 14.2. The summed E-state index contributed by atoms with van der Waals surface area (Å²) in [4.78, 5) is 32.5. The Hall–Kier alpha value is -5.00. The minimum atomic E-state index is -3.75. The molecule has 1 unspecified atom stereocenters. The number of hydrogen-bond acceptors (Lipinski definition) is 13. The third-order valence-electron chi connectivity index (χ3n) is 8.99. The molecule has 0 bridgehead atoms. The lowest BCUT2D eigenvalue weighted by atomic mass is 9.79. The van der Waals surface area contributed by atoms with E-state index in [0.29, 0.717) is 68.6 Å². The number of methoxy groups -OCH3 is 2. The summed E-state index contributed by atoms with van der Waals surface area (Å²) in [5.41, 5.74) is 8.36. The fraction of sp³-hybridized carbons (Fsp3) is 0.286. The minimum absolute atomic E-state index is 0.0786. The summed E-state index contributed by atoms with van der Waals surface area (Å²) in [6.07, 6.45) is 0.552. The van der Waals surface area contributed by atoms with E-state index < -0.39 is 21.7 Å². The van der Waals surface area contributed by atoms with Gasteiger partial charge >= 0.3 is 0 Å². The van der Waals surface area contributed by atoms with Crippen LogP contribution in [0.5, 0.6) is 11.8 Å². The van der Waals surface area contributed by atoms with Gasteiger partial charge in [0.25, 0.3) is 0 Å². The minimum Gasteiger partial charge on any atom is -0.481 e. The van der Waals surface area contributed by atoms with Crippen LogP contribution in [0.2, 0.25) is 0 Å². The molecule has 6 aromatic rings. The molecule has 1 saturated carbocycles. The van der Waals surface area contributed by atoms with Crippen molar-refractivity contribution in [2.75, 3.05) is 30.6 Å². The largest absolute Gasteiger partial charge is 0.481 e. The molecule has 5 heterocycles. The van der Waals surface area contributed by atoms with Gasteiger partial charge in [0.15, 0.2) is 10.3 Å². The highest BCUT2D eigenvalue weighted by Gasteiger charge is 2.37. The molecule has 270 valence electrons. The number of nitrogens with one attached hydrogen (secondary N) is 2. The smallest absolute Gasteiger partial charge is 0.248 e. The van der Waals surface area contributed by atoms with E-state index in [4.69, 9.17) is 15.2 Å². The van der Waals surface area contributed by atoms with Crippen molar-refractivity contribution in [1.82, 2.24) is 19.9 Å². The van der Waals surface area contributed by atoms with Crippen LogP contribution < -0.4 is 25.8 Å². The Morgan fingerprint density at radius 1 is 0.904 bits per heavy atom. The van der Waals surface area contributed by atoms with Crippen LogP contribution in [-0.2, 0) is 14.6 Å². The molecule has 0 saturated heterocycles. The van der Waals surface area contributed by atoms with E-state index in [0.717, 1.165) is 10.3 Å². The van der Waals surface area contributed by atoms with Gasteiger partial charge in [0.2, 0.25) is 33.4 Å². The van der Waals surface area contributed by atoms with Gasteiger partial charge in [-0.05, 0) is 67.1 Å². The lowest BCUT2D eigenvalue weighted by Gasteiger charge is -2.31. The van der Waals surface area contributed by atoms with Crippen molar-refractivity contribution in [1.29, 1.82) is 0 Å². The standard InChI is InChI=1S/C28H26F2N4O4S2.C7H7N3OS/c1-38-24-9-7-20-26(33-24)39-27(32-20)34-25(35)18(14-16-10-12-28(29,30)13-11-16)17-6-8-23-21(15-17)31-19-4-2-3-5-22(19)40(23,36)37;1-11-5-3-2-4-6(10-5)12-7(8)9-4/h2-9,15-16,18,31H,10-14H2,1H3,(H,32,34,35);2-3H,1H3,(H2,8,9). The van der Waals surface area contributed by atoms with Crippen molar-refractivity contribution in [3.8, 4) is 11.8 Å². The van der Waals surface area contributed by atoms with Crippen molar-refractivity contribution in [2.45, 2.75) is 53.7 Å². The third kappa shape index (κ3) is 7.33. The van der Waals surface area contributed by atoms with Gasteiger partial charge in [-0.1, -0.05) is 40.9 Å². The fourth-order valence-electron chi connectivity index (χ4n) is 6.32. The number of nitrogens with zero attached hydrogens (tertiary/aromatic N) is 4. The summed E-state index contributed by atoms with van der Waals surface area (Å²) < 4.78 is 64.3. The zero-order chi connectivity index (χ0) is 36.6. The zero-order valence-corrected chi connectivity index (χ0v) is 30.4. The SMILES string of the molecule is COc1ccc2nc(N)sc2n1.COc1ccc2nc(NC(=O)C(CC3CCC(F)(F)CC3)c3ccc4c(c3)Nc3ccccc3S4(=O)=O)sc2n1. The molecule has 1 amide bonds. The summed E-state index contributed by atoms with van der Waals surface area (Å²) in [6.45, 7) is 0. The molecule has 12 nitrogen and oxygen atoms in total. The van der Waals surface area contributed by atoms with Gasteiger partial charge in [-0.25, -0.2) is 37.1 Å². The maximum absolute atomic E-state index is 13.9. The van der Waals surface area contributed by atoms with E-state index in [1.807, 2.05) is 6.07 Å². The van der Waals surface area contributed by atoms with Crippen LogP contribution in [0, 0.1) is 5.92 Å². The molecule has 1 atom stereocenters. The summed E-state index contributed by atoms with van der Waals surface area (Å²) in [5.74, 6) is -2.79. The Labute approximate surface area is 305 Å². The molecular formula is C35H33F2N7O5S3. The Morgan fingerprint density at radius 3 is 2.23 bits per heavy atom. The number of anilines is 4. The number of fused-ring (bicyclic) bond motifs is 4. The number of alkyl halides is 2. The molecule has 4 N–H and O–H groups in total. The first kappa shape index (κ1) is 35.4. The van der Waals surface area contributed by atoms with Gasteiger partial charge < -0.3 is 25.8 Å². The van der Waals surface area contributed by atoms with Crippen LogP contribution in [-0.4, -0.2) is 54.4 Å². The Balaban J connectivity index is 0.000000295. The second-order valence-electron chi connectivity index (χ2n) is 12.4. The topological polar surface area (TPSA) is 171 Å². The average Bonchev–Trinajstić information content (AvgIpc) is 3.71. The molecule has 1 aliphatic carbocycles. The number of para-hydroxylation sites is 1. The number of thiazole rings is 2. The molecule has 8 rings (SSSR count). The maximum atomic E-state index is 13.9. The Morgan fingerprint density at radius 2 is 1.54 bits per heavy atom. The van der Waals surface area contributed by atoms with Crippen LogP contribution in [0.15, 0.2) is 76.5 Å². The van der Waals surface area contributed by atoms with E-state index in [-0.39, 0.29) is 34.5 Å². The Bertz CT molecular complexity index is 2390. The lowest BCUT2D eigenvalue weighted by Crippen LogP contribution is -2.28. The first-order valence-corrected chi connectivity index (χ1v) is 19.4. The van der Waals surface area contributed by atoms with Crippen LogP contribution in [0.25, 0.3) is 20.7 Å². The predicted octanol–water partition coefficient (Wildman–Crippen LogP) is 7.81. The first-order chi connectivity index (χ1) is 24.9. The normalized spacial score (nSPS) is 16.5. The van der Waals surface area contributed by atoms with Crippen molar-refractivity contribution in [3.63, 3.8) is 0 Å². The number of benzene rings is 2. The summed E-state index contributed by atoms with van der Waals surface area (Å²) in [7, 11) is -0.649. The number of ether oxygens (including phenoxy) is 2. The molecular weight excluding hydrogens is 733 g/mol. The van der Waals surface area contributed by atoms with Gasteiger partial charge in [-0.3, -0.25) is 4.79 Å². The van der Waals surface area contributed by atoms with Crippen molar-refractivity contribution >= 4 is 80.8 Å². The first-order valence-electron chi connectivity index (χ1n) is 16.2. The number of pyridine rings is 2. The number of hydrogen-bond donors (Lipinski definition) is 3. The highest BCUT2D eigenvalue weighted by molar-refractivity contribution is 7.92. The molecule has 1 fully saturated rings. The number of aromatic nitrogens is 4. The number of halogens is 2. The third-order valence-corrected chi connectivity index (χ3v) is 12.5. The van der Waals surface area contributed by atoms with Crippen LogP contribution in [0.3, 0.4) is 0 Å². The summed E-state index contributed by atoms with van der Waals surface area (Å²) in [6, 6.07) is 18.5. The molecule has 2 aromatic carbocycles. The van der Waals surface area contributed by atoms with Crippen LogP contribution >= 0.6 is 22.7 Å². The number of nitrogen functional groups attached to an aromatic ring is 1. The zero-order valence-electron chi connectivity index (χ0n) is 27.9. The molecule has 52 heavy (non-hydrogen) atoms. The van der Waals surface area contributed by atoms with Gasteiger partial charge in [0.05, 0.1) is 41.3 Å². The van der Waals surface area contributed by atoms with Crippen molar-refractivity contribution in [2.24, 2.45) is 5.92 Å². The van der Waals surface area contributed by atoms with Crippen LogP contribution in [0.4, 0.5) is 30.4 Å². The van der Waals surface area contributed by atoms with E-state index >= 15 is 0 Å². The molecule has 4 aromatic heterocycles. The number of amides is 1. The lowest BCUT2D eigenvalue weighted by molar-refractivity contribution is -0.118. The van der Waals surface area contributed by atoms with Crippen molar-refractivity contribution in [3.05, 3.63) is 72.3 Å². The number of sulfone groups is 1. The summed E-state index contributed by atoms with van der Waals surface area (Å²) in [5, 5.41) is 6.96. The number of rotatable bonds is 7. The molecule has 17 heteroatoms. The summed E-state index contributed by atoms with van der Waals surface area (Å²) >= 11 is 2.56. The van der Waals surface area contributed by atoms with Crippen LogP contribution in [0.1, 0.15) is 43.6 Å². The predicted molar refractivity (Wildman–Crippen MR) is 197 cm³/mol. The van der Waals surface area contributed by atoms with Crippen molar-refractivity contribution < 1.29 is 31.5 Å². The molecule has 0 radical (unpaired) electrons. The van der Waals surface area contributed by atoms with E-state index in [2.05, 4.69) is 30.6 Å². The highest BCUT2D eigenvalue weighted by Crippen LogP contribution is 2.44. The van der Waals surface area contributed by atoms with Gasteiger partial charge in [0.1, 0.15) is 20.7 Å². The molecule has 0 spiro atoms. The van der Waals surface area contributed by atoms with Gasteiger partial charge in [-0.15, -0.1) is 0 Å². The fourth-order valence-corrected chi connectivity index (χ4v) is 9.40. The molecule has 1 aliphatic heterocycles. The quantitative estimate of drug-likeness (QED) is 0.145. The number of nitrogens with two attached hydrogens (primary N) is 1. The van der Waals surface area contributed by atoms with E-state index in [9.17, 15) is 22.0 Å². The molecule has 2 aliphatic rings. The monoisotopic (exact) mass is 765 g/mol. The second-order valence-corrected chi connectivity index (χ2v) is 16.3. The number of carbonyl (C=O) groups is 1. The van der Waals surface area contributed by atoms with E-state index in [1.165, 1.54) is 35.8 Å². The average molecular weight is 766 g/mol.